The molecule has 2 aliphatic carbocycles. The molecular formula is C9H10OS. The summed E-state index contributed by atoms with van der Waals surface area (Å²) < 4.78 is 5.46. The van der Waals surface area contributed by atoms with Crippen molar-refractivity contribution in [2.75, 3.05) is 5.94 Å². The Morgan fingerprint density at radius 2 is 2.27 bits per heavy atom. The zero-order chi connectivity index (χ0) is 7.42. The number of hydrogen-bond donors (Lipinski definition) is 0. The molecule has 3 unspecified atom stereocenters. The molecular weight excluding hydrogens is 156 g/mol. The zero-order valence-electron chi connectivity index (χ0n) is 6.41. The zero-order valence-corrected chi connectivity index (χ0v) is 7.23. The Bertz CT molecular complexity index is 241. The van der Waals surface area contributed by atoms with E-state index in [1.807, 2.05) is 11.8 Å². The van der Waals surface area contributed by atoms with E-state index in [0.29, 0.717) is 0 Å². The van der Waals surface area contributed by atoms with Crippen molar-refractivity contribution in [1.29, 1.82) is 0 Å². The minimum atomic E-state index is 0.799. The number of hydrogen-bond acceptors (Lipinski definition) is 2. The van der Waals surface area contributed by atoms with Crippen LogP contribution in [0.1, 0.15) is 6.92 Å². The van der Waals surface area contributed by atoms with Gasteiger partial charge in [-0.15, -0.1) is 0 Å². The van der Waals surface area contributed by atoms with Crippen LogP contribution < -0.4 is 0 Å². The van der Waals surface area contributed by atoms with E-state index in [0.717, 1.165) is 29.5 Å². The van der Waals surface area contributed by atoms with Crippen LogP contribution in [0.15, 0.2) is 22.8 Å². The van der Waals surface area contributed by atoms with Gasteiger partial charge in [0, 0.05) is 4.91 Å². The first-order chi connectivity index (χ1) is 5.36. The van der Waals surface area contributed by atoms with E-state index in [-0.39, 0.29) is 0 Å². The van der Waals surface area contributed by atoms with Crippen LogP contribution in [0, 0.1) is 17.8 Å². The Hall–Kier alpha value is -0.370. The van der Waals surface area contributed by atoms with Crippen molar-refractivity contribution in [3.8, 4) is 0 Å². The highest BCUT2D eigenvalue weighted by Gasteiger charge is 2.47. The summed E-state index contributed by atoms with van der Waals surface area (Å²) in [5.41, 5.74) is 0. The summed E-state index contributed by atoms with van der Waals surface area (Å²) in [5, 5.41) is 0. The summed E-state index contributed by atoms with van der Waals surface area (Å²) in [6, 6.07) is 0. The lowest BCUT2D eigenvalue weighted by Crippen LogP contribution is -1.89. The van der Waals surface area contributed by atoms with Gasteiger partial charge in [0.1, 0.15) is 11.7 Å². The predicted molar refractivity (Wildman–Crippen MR) is 45.9 cm³/mol. The maximum atomic E-state index is 5.46. The van der Waals surface area contributed by atoms with Gasteiger partial charge in [0.25, 0.3) is 0 Å². The largest absolute Gasteiger partial charge is 0.482 e. The van der Waals surface area contributed by atoms with Crippen molar-refractivity contribution >= 4 is 11.8 Å². The van der Waals surface area contributed by atoms with E-state index >= 15 is 0 Å². The summed E-state index contributed by atoms with van der Waals surface area (Å²) >= 11 is 1.83. The molecule has 0 bridgehead atoms. The molecule has 0 aromatic heterocycles. The minimum absolute atomic E-state index is 0.799. The highest BCUT2D eigenvalue weighted by Crippen LogP contribution is 2.55. The van der Waals surface area contributed by atoms with Crippen molar-refractivity contribution in [3.05, 3.63) is 22.8 Å². The molecule has 2 fully saturated rings. The Morgan fingerprint density at radius 3 is 3.18 bits per heavy atom. The van der Waals surface area contributed by atoms with Gasteiger partial charge < -0.3 is 4.74 Å². The Balaban J connectivity index is 2.01. The first kappa shape index (κ1) is 6.18. The van der Waals surface area contributed by atoms with Crippen LogP contribution >= 0.6 is 11.8 Å². The fraction of sp³-hybridized carbons (Fsp3) is 0.556. The van der Waals surface area contributed by atoms with E-state index in [9.17, 15) is 0 Å². The Morgan fingerprint density at radius 1 is 1.45 bits per heavy atom. The Kier molecular flexibility index (Phi) is 1.05. The van der Waals surface area contributed by atoms with Crippen LogP contribution in [0.25, 0.3) is 0 Å². The molecule has 3 rings (SSSR count). The van der Waals surface area contributed by atoms with E-state index in [2.05, 4.69) is 19.1 Å². The maximum Gasteiger partial charge on any atom is 0.138 e. The molecule has 0 spiro atoms. The SMILES string of the molecule is CC1C2C=C3OCSC3=CC12. The van der Waals surface area contributed by atoms with Crippen LogP contribution in [-0.2, 0) is 4.74 Å². The number of fused-ring (bicyclic) bond motifs is 2. The summed E-state index contributed by atoms with van der Waals surface area (Å²) in [4.78, 5) is 1.38. The van der Waals surface area contributed by atoms with E-state index in [4.69, 9.17) is 4.74 Å². The summed E-state index contributed by atoms with van der Waals surface area (Å²) in [5.74, 6) is 4.48. The van der Waals surface area contributed by atoms with Crippen LogP contribution in [-0.4, -0.2) is 5.94 Å². The second-order valence-corrected chi connectivity index (χ2v) is 4.45. The third kappa shape index (κ3) is 0.734. The molecule has 3 atom stereocenters. The molecule has 11 heavy (non-hydrogen) atoms. The van der Waals surface area contributed by atoms with Gasteiger partial charge in [-0.1, -0.05) is 24.8 Å². The molecule has 0 aromatic carbocycles. The molecule has 3 aliphatic rings. The molecule has 1 saturated carbocycles. The van der Waals surface area contributed by atoms with E-state index in [1.54, 1.807) is 0 Å². The molecule has 1 heterocycles. The van der Waals surface area contributed by atoms with Gasteiger partial charge in [-0.3, -0.25) is 0 Å². The first-order valence-corrected chi connectivity index (χ1v) is 5.04. The molecule has 0 aromatic rings. The first-order valence-electron chi connectivity index (χ1n) is 4.06. The maximum absolute atomic E-state index is 5.46. The van der Waals surface area contributed by atoms with Gasteiger partial charge in [0.05, 0.1) is 0 Å². The molecule has 0 amide bonds. The van der Waals surface area contributed by atoms with Gasteiger partial charge in [0.15, 0.2) is 0 Å². The third-order valence-electron chi connectivity index (χ3n) is 2.88. The minimum Gasteiger partial charge on any atom is -0.482 e. The van der Waals surface area contributed by atoms with Gasteiger partial charge in [-0.25, -0.2) is 0 Å². The standard InChI is InChI=1S/C9H10OS/c1-5-6-2-8-9(3-7(5)6)11-4-10-8/h2-3,5-7H,4H2,1H3. The highest BCUT2D eigenvalue weighted by molar-refractivity contribution is 8.03. The van der Waals surface area contributed by atoms with Crippen LogP contribution in [0.5, 0.6) is 0 Å². The average Bonchev–Trinajstić information content (AvgIpc) is 2.50. The number of ether oxygens (including phenoxy) is 1. The Labute approximate surface area is 70.5 Å². The third-order valence-corrected chi connectivity index (χ3v) is 3.76. The topological polar surface area (TPSA) is 9.23 Å². The molecule has 1 nitrogen and oxygen atoms in total. The van der Waals surface area contributed by atoms with Crippen molar-refractivity contribution in [2.45, 2.75) is 6.92 Å². The lowest BCUT2D eigenvalue weighted by molar-refractivity contribution is 0.294. The predicted octanol–water partition coefficient (Wildman–Crippen LogP) is 2.37. The van der Waals surface area contributed by atoms with Crippen molar-refractivity contribution in [3.63, 3.8) is 0 Å². The smallest absolute Gasteiger partial charge is 0.138 e. The fourth-order valence-electron chi connectivity index (χ4n) is 1.96. The number of thioether (sulfide) groups is 1. The molecule has 0 N–H and O–H groups in total. The van der Waals surface area contributed by atoms with Crippen molar-refractivity contribution in [2.24, 2.45) is 17.8 Å². The van der Waals surface area contributed by atoms with Gasteiger partial charge in [-0.2, -0.15) is 0 Å². The summed E-state index contributed by atoms with van der Waals surface area (Å²) in [7, 11) is 0. The molecule has 2 heteroatoms. The van der Waals surface area contributed by atoms with E-state index < -0.39 is 0 Å². The molecule has 1 aliphatic heterocycles. The van der Waals surface area contributed by atoms with Crippen molar-refractivity contribution < 1.29 is 4.74 Å². The van der Waals surface area contributed by atoms with Crippen LogP contribution in [0.4, 0.5) is 0 Å². The van der Waals surface area contributed by atoms with Crippen molar-refractivity contribution in [1.82, 2.24) is 0 Å². The fourth-order valence-corrected chi connectivity index (χ4v) is 2.80. The lowest BCUT2D eigenvalue weighted by atomic mass is 10.2. The van der Waals surface area contributed by atoms with Gasteiger partial charge in [-0.05, 0) is 23.8 Å². The van der Waals surface area contributed by atoms with E-state index in [1.165, 1.54) is 4.91 Å². The quantitative estimate of drug-likeness (QED) is 0.546. The molecule has 58 valence electrons. The van der Waals surface area contributed by atoms with Gasteiger partial charge in [0.2, 0.25) is 0 Å². The lowest BCUT2D eigenvalue weighted by Gasteiger charge is -2.02. The van der Waals surface area contributed by atoms with Gasteiger partial charge >= 0.3 is 0 Å². The number of allylic oxidation sites excluding steroid dienone is 2. The molecule has 1 saturated heterocycles. The average molecular weight is 166 g/mol. The monoisotopic (exact) mass is 166 g/mol. The summed E-state index contributed by atoms with van der Waals surface area (Å²) in [6.45, 7) is 2.31. The van der Waals surface area contributed by atoms with Crippen LogP contribution in [0.3, 0.4) is 0 Å². The second-order valence-electron chi connectivity index (χ2n) is 3.48. The molecule has 0 radical (unpaired) electrons. The van der Waals surface area contributed by atoms with Crippen LogP contribution in [0.2, 0.25) is 0 Å². The normalized spacial score (nSPS) is 45.0. The second kappa shape index (κ2) is 1.86. The number of rotatable bonds is 0. The highest BCUT2D eigenvalue weighted by atomic mass is 32.2. The summed E-state index contributed by atoms with van der Waals surface area (Å²) in [6.07, 6.45) is 4.70.